The molecule has 0 aliphatic heterocycles. The van der Waals surface area contributed by atoms with Crippen LogP contribution in [0.5, 0.6) is 5.75 Å². The molecule has 1 aromatic carbocycles. The Balaban J connectivity index is 2.18. The van der Waals surface area contributed by atoms with Gasteiger partial charge in [0, 0.05) is 12.8 Å². The standard InChI is InChI=1S/C16H18O3/c1-11-9-12(2)16(15(10-11)18-3)14(17)7-6-13-5-4-8-19-13/h4-5,8-10H,6-7H2,1-3H3. The summed E-state index contributed by atoms with van der Waals surface area (Å²) in [7, 11) is 1.59. The Labute approximate surface area is 113 Å². The minimum absolute atomic E-state index is 0.0887. The van der Waals surface area contributed by atoms with Crippen molar-refractivity contribution >= 4 is 5.78 Å². The topological polar surface area (TPSA) is 39.4 Å². The van der Waals surface area contributed by atoms with Gasteiger partial charge < -0.3 is 9.15 Å². The second-order valence-corrected chi connectivity index (χ2v) is 4.66. The third-order valence-electron chi connectivity index (χ3n) is 3.12. The van der Waals surface area contributed by atoms with E-state index < -0.39 is 0 Å². The van der Waals surface area contributed by atoms with Crippen LogP contribution in [0.4, 0.5) is 0 Å². The van der Waals surface area contributed by atoms with Crippen LogP contribution in [0.25, 0.3) is 0 Å². The monoisotopic (exact) mass is 258 g/mol. The van der Waals surface area contributed by atoms with E-state index in [-0.39, 0.29) is 5.78 Å². The SMILES string of the molecule is COc1cc(C)cc(C)c1C(=O)CCc1ccco1. The maximum Gasteiger partial charge on any atom is 0.167 e. The van der Waals surface area contributed by atoms with Crippen LogP contribution < -0.4 is 4.74 Å². The van der Waals surface area contributed by atoms with Crippen LogP contribution in [0.15, 0.2) is 34.9 Å². The first-order valence-electron chi connectivity index (χ1n) is 6.32. The maximum atomic E-state index is 12.3. The number of Topliss-reactive ketones (excluding diaryl/α,β-unsaturated/α-hetero) is 1. The van der Waals surface area contributed by atoms with E-state index in [9.17, 15) is 4.79 Å². The van der Waals surface area contributed by atoms with Crippen LogP contribution in [0, 0.1) is 13.8 Å². The molecule has 0 unspecified atom stereocenters. The number of hydrogen-bond acceptors (Lipinski definition) is 3. The van der Waals surface area contributed by atoms with Gasteiger partial charge in [0.15, 0.2) is 5.78 Å². The molecule has 0 saturated carbocycles. The molecule has 0 fully saturated rings. The third kappa shape index (κ3) is 3.05. The summed E-state index contributed by atoms with van der Waals surface area (Å²) in [6, 6.07) is 7.61. The van der Waals surface area contributed by atoms with Gasteiger partial charge in [-0.3, -0.25) is 4.79 Å². The van der Waals surface area contributed by atoms with Gasteiger partial charge in [0.25, 0.3) is 0 Å². The smallest absolute Gasteiger partial charge is 0.167 e. The first-order valence-corrected chi connectivity index (χ1v) is 6.32. The fraction of sp³-hybridized carbons (Fsp3) is 0.312. The fourth-order valence-electron chi connectivity index (χ4n) is 2.26. The molecule has 0 spiro atoms. The lowest BCUT2D eigenvalue weighted by atomic mass is 9.98. The molecule has 0 aliphatic carbocycles. The summed E-state index contributed by atoms with van der Waals surface area (Å²) in [6.07, 6.45) is 2.66. The number of carbonyl (C=O) groups is 1. The summed E-state index contributed by atoms with van der Waals surface area (Å²) < 4.78 is 10.6. The van der Waals surface area contributed by atoms with Crippen LogP contribution in [0.3, 0.4) is 0 Å². The van der Waals surface area contributed by atoms with Gasteiger partial charge in [-0.15, -0.1) is 0 Å². The van der Waals surface area contributed by atoms with Crippen LogP contribution in [-0.2, 0) is 6.42 Å². The Bertz CT molecular complexity index is 568. The summed E-state index contributed by atoms with van der Waals surface area (Å²) >= 11 is 0. The van der Waals surface area contributed by atoms with Gasteiger partial charge in [0.2, 0.25) is 0 Å². The summed E-state index contributed by atoms with van der Waals surface area (Å²) in [6.45, 7) is 3.93. The van der Waals surface area contributed by atoms with E-state index in [0.29, 0.717) is 24.2 Å². The Kier molecular flexibility index (Phi) is 4.05. The lowest BCUT2D eigenvalue weighted by molar-refractivity contribution is 0.0977. The summed E-state index contributed by atoms with van der Waals surface area (Å²) in [4.78, 5) is 12.3. The molecular weight excluding hydrogens is 240 g/mol. The van der Waals surface area contributed by atoms with E-state index in [1.54, 1.807) is 13.4 Å². The molecule has 2 aromatic rings. The van der Waals surface area contributed by atoms with Crippen molar-refractivity contribution < 1.29 is 13.9 Å². The van der Waals surface area contributed by atoms with Gasteiger partial charge in [-0.25, -0.2) is 0 Å². The molecule has 0 radical (unpaired) electrons. The number of furan rings is 1. The zero-order valence-corrected chi connectivity index (χ0v) is 11.5. The number of aryl methyl sites for hydroxylation is 3. The molecule has 0 atom stereocenters. The lowest BCUT2D eigenvalue weighted by Gasteiger charge is -2.11. The van der Waals surface area contributed by atoms with Crippen LogP contribution >= 0.6 is 0 Å². The number of hydrogen-bond donors (Lipinski definition) is 0. The Hall–Kier alpha value is -2.03. The van der Waals surface area contributed by atoms with Crippen molar-refractivity contribution in [2.24, 2.45) is 0 Å². The van der Waals surface area contributed by atoms with Crippen molar-refractivity contribution in [2.75, 3.05) is 7.11 Å². The number of rotatable bonds is 5. The molecule has 3 heteroatoms. The molecular formula is C16H18O3. The number of carbonyl (C=O) groups excluding carboxylic acids is 1. The number of methoxy groups -OCH3 is 1. The molecule has 0 aliphatic rings. The van der Waals surface area contributed by atoms with Gasteiger partial charge in [0.05, 0.1) is 18.9 Å². The normalized spacial score (nSPS) is 10.5. The van der Waals surface area contributed by atoms with Gasteiger partial charge in [0.1, 0.15) is 11.5 Å². The van der Waals surface area contributed by atoms with Gasteiger partial charge >= 0.3 is 0 Å². The third-order valence-corrected chi connectivity index (χ3v) is 3.12. The number of benzene rings is 1. The average molecular weight is 258 g/mol. The van der Waals surface area contributed by atoms with Crippen LogP contribution in [0.1, 0.15) is 33.7 Å². The first-order chi connectivity index (χ1) is 9.11. The largest absolute Gasteiger partial charge is 0.496 e. The van der Waals surface area contributed by atoms with Gasteiger partial charge in [-0.05, 0) is 43.2 Å². The second kappa shape index (κ2) is 5.74. The quantitative estimate of drug-likeness (QED) is 0.767. The van der Waals surface area contributed by atoms with Crippen molar-refractivity contribution in [3.63, 3.8) is 0 Å². The molecule has 0 amide bonds. The highest BCUT2D eigenvalue weighted by Gasteiger charge is 2.16. The molecule has 2 rings (SSSR count). The minimum atomic E-state index is 0.0887. The van der Waals surface area contributed by atoms with Gasteiger partial charge in [-0.2, -0.15) is 0 Å². The number of ketones is 1. The van der Waals surface area contributed by atoms with E-state index in [2.05, 4.69) is 0 Å². The highest BCUT2D eigenvalue weighted by Crippen LogP contribution is 2.26. The Morgan fingerprint density at radius 1 is 1.32 bits per heavy atom. The second-order valence-electron chi connectivity index (χ2n) is 4.66. The van der Waals surface area contributed by atoms with E-state index in [1.165, 1.54) is 0 Å². The van der Waals surface area contributed by atoms with Crippen molar-refractivity contribution in [3.8, 4) is 5.75 Å². The first kappa shape index (κ1) is 13.4. The summed E-state index contributed by atoms with van der Waals surface area (Å²) in [5.41, 5.74) is 2.73. The molecule has 1 aromatic heterocycles. The van der Waals surface area contributed by atoms with E-state index in [4.69, 9.17) is 9.15 Å². The van der Waals surface area contributed by atoms with Crippen molar-refractivity contribution in [2.45, 2.75) is 26.7 Å². The fourth-order valence-corrected chi connectivity index (χ4v) is 2.26. The number of ether oxygens (including phenoxy) is 1. The Morgan fingerprint density at radius 3 is 2.74 bits per heavy atom. The Morgan fingerprint density at radius 2 is 2.11 bits per heavy atom. The summed E-state index contributed by atoms with van der Waals surface area (Å²) in [5, 5.41) is 0. The molecule has 19 heavy (non-hydrogen) atoms. The van der Waals surface area contributed by atoms with E-state index in [0.717, 1.165) is 16.9 Å². The predicted molar refractivity (Wildman–Crippen MR) is 73.8 cm³/mol. The minimum Gasteiger partial charge on any atom is -0.496 e. The van der Waals surface area contributed by atoms with Crippen molar-refractivity contribution in [1.29, 1.82) is 0 Å². The highest BCUT2D eigenvalue weighted by molar-refractivity contribution is 6.00. The van der Waals surface area contributed by atoms with Gasteiger partial charge in [-0.1, -0.05) is 6.07 Å². The van der Waals surface area contributed by atoms with E-state index >= 15 is 0 Å². The van der Waals surface area contributed by atoms with Crippen LogP contribution in [-0.4, -0.2) is 12.9 Å². The zero-order valence-electron chi connectivity index (χ0n) is 11.5. The van der Waals surface area contributed by atoms with Crippen LogP contribution in [0.2, 0.25) is 0 Å². The van der Waals surface area contributed by atoms with Crippen molar-refractivity contribution in [3.05, 3.63) is 53.0 Å². The molecule has 0 bridgehead atoms. The average Bonchev–Trinajstić information content (AvgIpc) is 2.88. The van der Waals surface area contributed by atoms with Crippen molar-refractivity contribution in [1.82, 2.24) is 0 Å². The summed E-state index contributed by atoms with van der Waals surface area (Å²) in [5.74, 6) is 1.57. The van der Waals surface area contributed by atoms with E-state index in [1.807, 2.05) is 38.1 Å². The predicted octanol–water partition coefficient (Wildman–Crippen LogP) is 3.72. The molecule has 0 saturated heterocycles. The molecule has 100 valence electrons. The zero-order chi connectivity index (χ0) is 13.8. The lowest BCUT2D eigenvalue weighted by Crippen LogP contribution is -2.06. The highest BCUT2D eigenvalue weighted by atomic mass is 16.5. The maximum absolute atomic E-state index is 12.3. The molecule has 1 heterocycles. The molecule has 3 nitrogen and oxygen atoms in total. The molecule has 0 N–H and O–H groups in total.